The van der Waals surface area contributed by atoms with Crippen LogP contribution in [0.3, 0.4) is 0 Å². The largest absolute Gasteiger partial charge is 0.369 e. The van der Waals surface area contributed by atoms with Crippen molar-refractivity contribution in [2.24, 2.45) is 5.73 Å². The number of carbonyl (C=O) groups is 1. The van der Waals surface area contributed by atoms with Crippen LogP contribution in [0.5, 0.6) is 0 Å². The first-order valence-corrected chi connectivity index (χ1v) is 7.37. The number of nitrogens with two attached hydrogens (primary N) is 1. The number of carbonyl (C=O) groups excluding carboxylic acids is 1. The van der Waals surface area contributed by atoms with Crippen molar-refractivity contribution in [3.63, 3.8) is 0 Å². The minimum absolute atomic E-state index is 0.232. The molecule has 0 bridgehead atoms. The number of primary amides is 1. The molecule has 0 unspecified atom stereocenters. The number of benzene rings is 2. The third-order valence-corrected chi connectivity index (χ3v) is 3.56. The van der Waals surface area contributed by atoms with E-state index in [4.69, 9.17) is 17.3 Å². The fourth-order valence-corrected chi connectivity index (χ4v) is 2.42. The number of halogens is 1. The second-order valence-corrected chi connectivity index (χ2v) is 5.33. The topological polar surface area (TPSA) is 55.1 Å². The summed E-state index contributed by atoms with van der Waals surface area (Å²) in [6.07, 6.45) is 1.88. The van der Waals surface area contributed by atoms with Crippen LogP contribution in [0.25, 0.3) is 11.1 Å². The average molecular weight is 303 g/mol. The van der Waals surface area contributed by atoms with Gasteiger partial charge in [-0.2, -0.15) is 0 Å². The molecule has 0 radical (unpaired) electrons. The van der Waals surface area contributed by atoms with Gasteiger partial charge in [0.25, 0.3) is 0 Å². The first-order valence-electron chi connectivity index (χ1n) is 6.99. The van der Waals surface area contributed by atoms with Gasteiger partial charge in [-0.15, -0.1) is 0 Å². The predicted molar refractivity (Wildman–Crippen MR) is 87.3 cm³/mol. The fraction of sp³-hybridized carbons (Fsp3) is 0.235. The van der Waals surface area contributed by atoms with Crippen molar-refractivity contribution < 1.29 is 4.79 Å². The summed E-state index contributed by atoms with van der Waals surface area (Å²) in [6.45, 7) is 1.00. The van der Waals surface area contributed by atoms with Gasteiger partial charge in [0.1, 0.15) is 0 Å². The lowest BCUT2D eigenvalue weighted by molar-refractivity contribution is -0.117. The van der Waals surface area contributed by atoms with E-state index in [0.717, 1.165) is 35.5 Å². The summed E-state index contributed by atoms with van der Waals surface area (Å²) >= 11 is 6.29. The van der Waals surface area contributed by atoms with E-state index in [9.17, 15) is 4.79 Å². The van der Waals surface area contributed by atoms with Gasteiger partial charge in [0.05, 0.1) is 6.54 Å². The molecule has 4 heteroatoms. The molecule has 0 saturated carbocycles. The van der Waals surface area contributed by atoms with E-state index in [-0.39, 0.29) is 12.5 Å². The molecule has 3 N–H and O–H groups in total. The van der Waals surface area contributed by atoms with E-state index in [0.29, 0.717) is 0 Å². The predicted octanol–water partition coefficient (Wildman–Crippen LogP) is 3.01. The Balaban J connectivity index is 1.97. The summed E-state index contributed by atoms with van der Waals surface area (Å²) in [6, 6.07) is 16.2. The third kappa shape index (κ3) is 4.88. The van der Waals surface area contributed by atoms with Gasteiger partial charge in [0.15, 0.2) is 0 Å². The molecule has 2 aromatic rings. The monoisotopic (exact) mass is 302 g/mol. The van der Waals surface area contributed by atoms with Crippen LogP contribution in [0.2, 0.25) is 5.02 Å². The van der Waals surface area contributed by atoms with Crippen LogP contribution in [0.4, 0.5) is 0 Å². The molecule has 3 nitrogen and oxygen atoms in total. The van der Waals surface area contributed by atoms with Crippen LogP contribution in [0.15, 0.2) is 48.5 Å². The summed E-state index contributed by atoms with van der Waals surface area (Å²) in [5.41, 5.74) is 8.48. The molecule has 0 aliphatic rings. The van der Waals surface area contributed by atoms with Crippen LogP contribution in [0.1, 0.15) is 12.0 Å². The van der Waals surface area contributed by atoms with E-state index >= 15 is 0 Å². The van der Waals surface area contributed by atoms with E-state index in [1.165, 1.54) is 5.56 Å². The number of hydrogen-bond acceptors (Lipinski definition) is 2. The third-order valence-electron chi connectivity index (χ3n) is 3.23. The smallest absolute Gasteiger partial charge is 0.231 e. The number of amides is 1. The van der Waals surface area contributed by atoms with Gasteiger partial charge >= 0.3 is 0 Å². The second kappa shape index (κ2) is 7.81. The number of hydrogen-bond donors (Lipinski definition) is 2. The van der Waals surface area contributed by atoms with Crippen LogP contribution in [-0.2, 0) is 11.2 Å². The molecule has 2 aromatic carbocycles. The Labute approximate surface area is 130 Å². The van der Waals surface area contributed by atoms with Crippen LogP contribution in [-0.4, -0.2) is 19.0 Å². The maximum absolute atomic E-state index is 10.6. The maximum atomic E-state index is 10.6. The Hall–Kier alpha value is -1.84. The lowest BCUT2D eigenvalue weighted by Gasteiger charge is -2.08. The molecule has 2 rings (SSSR count). The van der Waals surface area contributed by atoms with Gasteiger partial charge in [-0.3, -0.25) is 4.79 Å². The Morgan fingerprint density at radius 2 is 1.90 bits per heavy atom. The highest BCUT2D eigenvalue weighted by Crippen LogP contribution is 2.28. The highest BCUT2D eigenvalue weighted by molar-refractivity contribution is 6.33. The highest BCUT2D eigenvalue weighted by atomic mass is 35.5. The normalized spacial score (nSPS) is 10.5. The lowest BCUT2D eigenvalue weighted by atomic mass is 10.0. The summed E-state index contributed by atoms with van der Waals surface area (Å²) < 4.78 is 0. The quantitative estimate of drug-likeness (QED) is 0.773. The van der Waals surface area contributed by atoms with Crippen molar-refractivity contribution in [2.45, 2.75) is 12.8 Å². The molecule has 0 aliphatic carbocycles. The Morgan fingerprint density at radius 1 is 1.14 bits per heavy atom. The van der Waals surface area contributed by atoms with Gasteiger partial charge in [-0.05, 0) is 42.6 Å². The summed E-state index contributed by atoms with van der Waals surface area (Å²) in [4.78, 5) is 10.6. The molecule has 0 atom stereocenters. The van der Waals surface area contributed by atoms with E-state index < -0.39 is 0 Å². The minimum Gasteiger partial charge on any atom is -0.369 e. The van der Waals surface area contributed by atoms with Crippen LogP contribution < -0.4 is 11.1 Å². The average Bonchev–Trinajstić information content (AvgIpc) is 2.49. The van der Waals surface area contributed by atoms with Gasteiger partial charge in [0, 0.05) is 10.6 Å². The number of rotatable bonds is 7. The van der Waals surface area contributed by atoms with Crippen molar-refractivity contribution in [3.8, 4) is 11.1 Å². The minimum atomic E-state index is -0.326. The molecule has 0 saturated heterocycles. The van der Waals surface area contributed by atoms with Crippen LogP contribution in [0, 0.1) is 0 Å². The van der Waals surface area contributed by atoms with Crippen molar-refractivity contribution in [1.29, 1.82) is 0 Å². The molecule has 0 aliphatic heterocycles. The van der Waals surface area contributed by atoms with Gasteiger partial charge in [-0.25, -0.2) is 0 Å². The van der Waals surface area contributed by atoms with Crippen molar-refractivity contribution >= 4 is 17.5 Å². The molecule has 110 valence electrons. The molecule has 1 amide bonds. The van der Waals surface area contributed by atoms with Crippen LogP contribution >= 0.6 is 11.6 Å². The SMILES string of the molecule is NC(=O)CNCCCc1ccc(Cl)c(-c2ccccc2)c1. The Kier molecular flexibility index (Phi) is 5.78. The van der Waals surface area contributed by atoms with E-state index in [2.05, 4.69) is 23.5 Å². The Morgan fingerprint density at radius 3 is 2.62 bits per heavy atom. The van der Waals surface area contributed by atoms with E-state index in [1.54, 1.807) is 0 Å². The Bertz CT molecular complexity index is 599. The summed E-state index contributed by atoms with van der Waals surface area (Å²) in [7, 11) is 0. The van der Waals surface area contributed by atoms with Gasteiger partial charge < -0.3 is 11.1 Å². The van der Waals surface area contributed by atoms with Gasteiger partial charge in [0.2, 0.25) is 5.91 Å². The molecule has 0 spiro atoms. The van der Waals surface area contributed by atoms with Crippen molar-refractivity contribution in [3.05, 3.63) is 59.1 Å². The van der Waals surface area contributed by atoms with E-state index in [1.807, 2.05) is 30.3 Å². The van der Waals surface area contributed by atoms with Crippen molar-refractivity contribution in [2.75, 3.05) is 13.1 Å². The highest BCUT2D eigenvalue weighted by Gasteiger charge is 2.04. The zero-order valence-electron chi connectivity index (χ0n) is 11.8. The zero-order valence-corrected chi connectivity index (χ0v) is 12.6. The van der Waals surface area contributed by atoms with Gasteiger partial charge in [-0.1, -0.05) is 48.0 Å². The zero-order chi connectivity index (χ0) is 15.1. The first kappa shape index (κ1) is 15.5. The second-order valence-electron chi connectivity index (χ2n) is 4.93. The molecule has 21 heavy (non-hydrogen) atoms. The molecule has 0 heterocycles. The molecule has 0 fully saturated rings. The molecular formula is C17H19ClN2O. The molecule has 0 aromatic heterocycles. The summed E-state index contributed by atoms with van der Waals surface area (Å²) in [5, 5.41) is 3.77. The fourth-order valence-electron chi connectivity index (χ4n) is 2.20. The van der Waals surface area contributed by atoms with Crippen molar-refractivity contribution in [1.82, 2.24) is 5.32 Å². The maximum Gasteiger partial charge on any atom is 0.231 e. The number of nitrogens with one attached hydrogen (secondary N) is 1. The first-order chi connectivity index (χ1) is 10.2. The number of aryl methyl sites for hydroxylation is 1. The lowest BCUT2D eigenvalue weighted by Crippen LogP contribution is -2.29. The summed E-state index contributed by atoms with van der Waals surface area (Å²) in [5.74, 6) is -0.326. The standard InChI is InChI=1S/C17H19ClN2O/c18-16-9-8-13(5-4-10-20-12-17(19)21)11-15(16)14-6-2-1-3-7-14/h1-3,6-9,11,20H,4-5,10,12H2,(H2,19,21). The molecular weight excluding hydrogens is 284 g/mol.